The summed E-state index contributed by atoms with van der Waals surface area (Å²) in [4.78, 5) is 12.3. The Hall–Kier alpha value is -2.87. The molecule has 6 nitrogen and oxygen atoms in total. The quantitative estimate of drug-likeness (QED) is 0.580. The molecule has 8 heteroatoms. The van der Waals surface area contributed by atoms with Crippen LogP contribution in [-0.2, 0) is 11.2 Å². The largest absolute Gasteiger partial charge is 0.497 e. The average molecular weight is 401 g/mol. The third-order valence-corrected chi connectivity index (χ3v) is 4.96. The van der Waals surface area contributed by atoms with Crippen LogP contribution in [0.3, 0.4) is 0 Å². The monoisotopic (exact) mass is 401 g/mol. The molecule has 0 saturated heterocycles. The number of aromatic nitrogens is 2. The lowest BCUT2D eigenvalue weighted by Crippen LogP contribution is -2.32. The smallest absolute Gasteiger partial charge is 0.277 e. The van der Waals surface area contributed by atoms with E-state index in [4.69, 9.17) is 9.15 Å². The van der Waals surface area contributed by atoms with E-state index >= 15 is 0 Å². The second-order valence-electron chi connectivity index (χ2n) is 6.00. The molecule has 1 amide bonds. The van der Waals surface area contributed by atoms with E-state index < -0.39 is 11.1 Å². The minimum atomic E-state index is -0.438. The normalized spacial score (nSPS) is 11.8. The first kappa shape index (κ1) is 19.9. The fraction of sp³-hybridized carbons (Fsp3) is 0.250. The topological polar surface area (TPSA) is 77.2 Å². The first-order valence-corrected chi connectivity index (χ1v) is 9.60. The van der Waals surface area contributed by atoms with Crippen molar-refractivity contribution in [3.05, 3.63) is 59.9 Å². The Balaban J connectivity index is 1.49. The van der Waals surface area contributed by atoms with Crippen molar-refractivity contribution < 1.29 is 18.3 Å². The van der Waals surface area contributed by atoms with Crippen LogP contribution >= 0.6 is 11.8 Å². The standard InChI is InChI=1S/C20H20FN3O3S/c1-13(18(25)22-12-11-14-7-9-15(26-2)10-8-14)28-20-24-23-19(27-20)16-5-3-4-6-17(16)21/h3-10,13H,11-12H2,1-2H3,(H,22,25)/t13-/m0/s1. The van der Waals surface area contributed by atoms with Crippen molar-refractivity contribution in [2.75, 3.05) is 13.7 Å². The zero-order valence-electron chi connectivity index (χ0n) is 15.5. The number of halogens is 1. The van der Waals surface area contributed by atoms with E-state index in [9.17, 15) is 9.18 Å². The zero-order chi connectivity index (χ0) is 19.9. The second kappa shape index (κ2) is 9.36. The Kier molecular flexibility index (Phi) is 6.65. The van der Waals surface area contributed by atoms with Crippen LogP contribution in [0, 0.1) is 5.82 Å². The summed E-state index contributed by atoms with van der Waals surface area (Å²) in [6, 6.07) is 13.9. The van der Waals surface area contributed by atoms with Gasteiger partial charge in [0.2, 0.25) is 5.91 Å². The van der Waals surface area contributed by atoms with Gasteiger partial charge in [-0.3, -0.25) is 4.79 Å². The maximum absolute atomic E-state index is 13.8. The molecule has 0 unspecified atom stereocenters. The predicted octanol–water partition coefficient (Wildman–Crippen LogP) is 3.72. The van der Waals surface area contributed by atoms with E-state index in [1.807, 2.05) is 24.3 Å². The molecular weight excluding hydrogens is 381 g/mol. The predicted molar refractivity (Wildman–Crippen MR) is 105 cm³/mol. The Labute approximate surface area is 166 Å². The Morgan fingerprint density at radius 2 is 1.96 bits per heavy atom. The number of ether oxygens (including phenoxy) is 1. The molecule has 0 aliphatic carbocycles. The van der Waals surface area contributed by atoms with Crippen LogP contribution in [0.1, 0.15) is 12.5 Å². The van der Waals surface area contributed by atoms with Gasteiger partial charge >= 0.3 is 0 Å². The van der Waals surface area contributed by atoms with Gasteiger partial charge in [0.1, 0.15) is 11.6 Å². The van der Waals surface area contributed by atoms with Gasteiger partial charge < -0.3 is 14.5 Å². The molecule has 146 valence electrons. The van der Waals surface area contributed by atoms with Crippen LogP contribution in [0.2, 0.25) is 0 Å². The molecule has 1 heterocycles. The number of carbonyl (C=O) groups excluding carboxylic acids is 1. The van der Waals surface area contributed by atoms with Crippen molar-refractivity contribution in [2.45, 2.75) is 23.8 Å². The number of hydrogen-bond acceptors (Lipinski definition) is 6. The lowest BCUT2D eigenvalue weighted by molar-refractivity contribution is -0.120. The number of methoxy groups -OCH3 is 1. The molecule has 0 saturated carbocycles. The number of thioether (sulfide) groups is 1. The van der Waals surface area contributed by atoms with Gasteiger partial charge in [-0.2, -0.15) is 0 Å². The van der Waals surface area contributed by atoms with E-state index in [1.165, 1.54) is 6.07 Å². The molecule has 0 aliphatic heterocycles. The fourth-order valence-electron chi connectivity index (χ4n) is 2.47. The van der Waals surface area contributed by atoms with E-state index in [-0.39, 0.29) is 22.6 Å². The zero-order valence-corrected chi connectivity index (χ0v) is 16.3. The summed E-state index contributed by atoms with van der Waals surface area (Å²) in [6.45, 7) is 2.26. The molecule has 0 aliphatic rings. The molecule has 3 rings (SSSR count). The summed E-state index contributed by atoms with van der Waals surface area (Å²) in [5.41, 5.74) is 1.34. The molecule has 0 bridgehead atoms. The van der Waals surface area contributed by atoms with Crippen molar-refractivity contribution in [2.24, 2.45) is 0 Å². The Morgan fingerprint density at radius 1 is 1.21 bits per heavy atom. The van der Waals surface area contributed by atoms with Crippen LogP contribution in [0.15, 0.2) is 58.2 Å². The highest BCUT2D eigenvalue weighted by atomic mass is 32.2. The Bertz CT molecular complexity index is 930. The SMILES string of the molecule is COc1ccc(CCNC(=O)[C@H](C)Sc2nnc(-c3ccccc3F)o2)cc1. The van der Waals surface area contributed by atoms with E-state index in [1.54, 1.807) is 32.2 Å². The number of carbonyl (C=O) groups is 1. The van der Waals surface area contributed by atoms with Crippen LogP contribution in [0.4, 0.5) is 4.39 Å². The fourth-order valence-corrected chi connectivity index (χ4v) is 3.18. The molecule has 2 aromatic carbocycles. The molecule has 28 heavy (non-hydrogen) atoms. The Morgan fingerprint density at radius 3 is 2.68 bits per heavy atom. The van der Waals surface area contributed by atoms with Gasteiger partial charge in [0.25, 0.3) is 11.1 Å². The molecule has 0 radical (unpaired) electrons. The van der Waals surface area contributed by atoms with Gasteiger partial charge in [-0.25, -0.2) is 4.39 Å². The van der Waals surface area contributed by atoms with Crippen molar-refractivity contribution in [3.63, 3.8) is 0 Å². The maximum Gasteiger partial charge on any atom is 0.277 e. The molecular formula is C20H20FN3O3S. The molecule has 0 fully saturated rings. The summed E-state index contributed by atoms with van der Waals surface area (Å²) in [6.07, 6.45) is 0.713. The lowest BCUT2D eigenvalue weighted by atomic mass is 10.1. The van der Waals surface area contributed by atoms with Gasteiger partial charge in [0, 0.05) is 6.54 Å². The minimum absolute atomic E-state index is 0.0905. The maximum atomic E-state index is 13.8. The average Bonchev–Trinajstić information content (AvgIpc) is 3.17. The number of hydrogen-bond donors (Lipinski definition) is 1. The van der Waals surface area contributed by atoms with Crippen LogP contribution < -0.4 is 10.1 Å². The highest BCUT2D eigenvalue weighted by Gasteiger charge is 2.19. The van der Waals surface area contributed by atoms with Crippen molar-refractivity contribution in [3.8, 4) is 17.2 Å². The van der Waals surface area contributed by atoms with Crippen LogP contribution in [0.5, 0.6) is 5.75 Å². The van der Waals surface area contributed by atoms with Gasteiger partial charge in [0.15, 0.2) is 0 Å². The van der Waals surface area contributed by atoms with Gasteiger partial charge in [-0.15, -0.1) is 10.2 Å². The first-order valence-electron chi connectivity index (χ1n) is 8.72. The van der Waals surface area contributed by atoms with Crippen molar-refractivity contribution >= 4 is 17.7 Å². The van der Waals surface area contributed by atoms with Gasteiger partial charge in [0.05, 0.1) is 17.9 Å². The molecule has 0 spiro atoms. The van der Waals surface area contributed by atoms with E-state index in [2.05, 4.69) is 15.5 Å². The summed E-state index contributed by atoms with van der Waals surface area (Å²) in [5, 5.41) is 10.4. The van der Waals surface area contributed by atoms with Crippen molar-refractivity contribution in [1.82, 2.24) is 15.5 Å². The molecule has 1 aromatic heterocycles. The third-order valence-electron chi connectivity index (χ3n) is 4.03. The third kappa shape index (κ3) is 5.10. The molecule has 1 N–H and O–H groups in total. The number of rotatable bonds is 8. The van der Waals surface area contributed by atoms with Crippen molar-refractivity contribution in [1.29, 1.82) is 0 Å². The van der Waals surface area contributed by atoms with Crippen LogP contribution in [0.25, 0.3) is 11.5 Å². The summed E-state index contributed by atoms with van der Waals surface area (Å²) in [5.74, 6) is 0.316. The van der Waals surface area contributed by atoms with Crippen LogP contribution in [-0.4, -0.2) is 35.0 Å². The number of nitrogens with zero attached hydrogens (tertiary/aromatic N) is 2. The summed E-state index contributed by atoms with van der Waals surface area (Å²) >= 11 is 1.13. The highest BCUT2D eigenvalue weighted by molar-refractivity contribution is 8.00. The first-order chi connectivity index (χ1) is 13.6. The number of nitrogens with one attached hydrogen (secondary N) is 1. The summed E-state index contributed by atoms with van der Waals surface area (Å²) in [7, 11) is 1.62. The molecule has 1 atom stereocenters. The number of amides is 1. The highest BCUT2D eigenvalue weighted by Crippen LogP contribution is 2.27. The second-order valence-corrected chi connectivity index (χ2v) is 7.29. The lowest BCUT2D eigenvalue weighted by Gasteiger charge is -2.10. The minimum Gasteiger partial charge on any atom is -0.497 e. The van der Waals surface area contributed by atoms with Gasteiger partial charge in [-0.1, -0.05) is 36.0 Å². The van der Waals surface area contributed by atoms with E-state index in [0.29, 0.717) is 13.0 Å². The summed E-state index contributed by atoms with van der Waals surface area (Å²) < 4.78 is 24.4. The number of benzene rings is 2. The van der Waals surface area contributed by atoms with Gasteiger partial charge in [-0.05, 0) is 43.2 Å². The van der Waals surface area contributed by atoms with E-state index in [0.717, 1.165) is 23.1 Å². The molecule has 3 aromatic rings.